The molecule has 17 heavy (non-hydrogen) atoms. The molecule has 0 heterocycles. The van der Waals surface area contributed by atoms with Gasteiger partial charge in [0.15, 0.2) is 0 Å². The molecule has 0 unspecified atom stereocenters. The molecule has 3 N–H and O–H groups in total. The Morgan fingerprint density at radius 3 is 2.06 bits per heavy atom. The van der Waals surface area contributed by atoms with Gasteiger partial charge in [0.05, 0.1) is 0 Å². The first-order valence-corrected chi connectivity index (χ1v) is 6.28. The number of hydrogen-bond acceptors (Lipinski definition) is 0. The molecule has 1 atom stereocenters. The SMILES string of the molecule is [NH3+][C@H](CCCc1ccccc1)c1ccccc1. The first-order chi connectivity index (χ1) is 8.36. The molecular weight excluding hydrogens is 206 g/mol. The van der Waals surface area contributed by atoms with Gasteiger partial charge in [-0.25, -0.2) is 0 Å². The van der Waals surface area contributed by atoms with Gasteiger partial charge in [0.2, 0.25) is 0 Å². The van der Waals surface area contributed by atoms with Crippen LogP contribution in [0.5, 0.6) is 0 Å². The lowest BCUT2D eigenvalue weighted by Gasteiger charge is -2.08. The van der Waals surface area contributed by atoms with Crippen LogP contribution in [-0.2, 0) is 6.42 Å². The minimum atomic E-state index is 0.417. The van der Waals surface area contributed by atoms with Crippen LogP contribution in [0.4, 0.5) is 0 Å². The summed E-state index contributed by atoms with van der Waals surface area (Å²) in [5, 5.41) is 0. The lowest BCUT2D eigenvalue weighted by Crippen LogP contribution is -2.53. The number of rotatable bonds is 5. The zero-order valence-corrected chi connectivity index (χ0v) is 10.2. The van der Waals surface area contributed by atoms with Crippen molar-refractivity contribution >= 4 is 0 Å². The molecule has 0 aromatic heterocycles. The zero-order chi connectivity index (χ0) is 11.9. The van der Waals surface area contributed by atoms with Crippen molar-refractivity contribution in [3.8, 4) is 0 Å². The highest BCUT2D eigenvalue weighted by molar-refractivity contribution is 5.17. The van der Waals surface area contributed by atoms with Gasteiger partial charge in [-0.2, -0.15) is 0 Å². The third kappa shape index (κ3) is 3.72. The molecule has 2 aromatic rings. The van der Waals surface area contributed by atoms with E-state index in [0.717, 1.165) is 12.8 Å². The van der Waals surface area contributed by atoms with Crippen LogP contribution in [-0.4, -0.2) is 0 Å². The molecule has 88 valence electrons. The van der Waals surface area contributed by atoms with Gasteiger partial charge in [0.1, 0.15) is 6.04 Å². The molecule has 0 amide bonds. The van der Waals surface area contributed by atoms with Gasteiger partial charge in [0, 0.05) is 12.0 Å². The third-order valence-electron chi connectivity index (χ3n) is 3.13. The van der Waals surface area contributed by atoms with Gasteiger partial charge in [-0.3, -0.25) is 0 Å². The molecule has 0 saturated heterocycles. The van der Waals surface area contributed by atoms with E-state index in [1.807, 2.05) is 0 Å². The Kier molecular flexibility index (Phi) is 4.34. The van der Waals surface area contributed by atoms with E-state index < -0.39 is 0 Å². The highest BCUT2D eigenvalue weighted by atomic mass is 14.6. The highest BCUT2D eigenvalue weighted by Gasteiger charge is 2.08. The predicted octanol–water partition coefficient (Wildman–Crippen LogP) is 2.99. The van der Waals surface area contributed by atoms with Crippen LogP contribution in [0, 0.1) is 0 Å². The fraction of sp³-hybridized carbons (Fsp3) is 0.250. The van der Waals surface area contributed by atoms with Crippen molar-refractivity contribution in [1.82, 2.24) is 0 Å². The van der Waals surface area contributed by atoms with Crippen LogP contribution in [0.15, 0.2) is 60.7 Å². The van der Waals surface area contributed by atoms with Gasteiger partial charge in [-0.1, -0.05) is 60.7 Å². The standard InChI is InChI=1S/C16H19N/c17-16(15-11-5-2-6-12-15)13-7-10-14-8-3-1-4-9-14/h1-6,8-9,11-12,16H,7,10,13,17H2/p+1/t16-/m1/s1. The summed E-state index contributed by atoms with van der Waals surface area (Å²) in [7, 11) is 0. The monoisotopic (exact) mass is 226 g/mol. The van der Waals surface area contributed by atoms with E-state index in [2.05, 4.69) is 66.4 Å². The van der Waals surface area contributed by atoms with Gasteiger partial charge in [0.25, 0.3) is 0 Å². The Morgan fingerprint density at radius 2 is 1.41 bits per heavy atom. The third-order valence-corrected chi connectivity index (χ3v) is 3.13. The predicted molar refractivity (Wildman–Crippen MR) is 71.5 cm³/mol. The van der Waals surface area contributed by atoms with Crippen LogP contribution in [0.1, 0.15) is 30.0 Å². The smallest absolute Gasteiger partial charge is 0.110 e. The van der Waals surface area contributed by atoms with Crippen molar-refractivity contribution in [2.75, 3.05) is 0 Å². The molecule has 1 nitrogen and oxygen atoms in total. The Morgan fingerprint density at radius 1 is 0.824 bits per heavy atom. The Bertz CT molecular complexity index is 422. The highest BCUT2D eigenvalue weighted by Crippen LogP contribution is 2.15. The van der Waals surface area contributed by atoms with Gasteiger partial charge in [-0.05, 0) is 18.4 Å². The number of benzene rings is 2. The maximum absolute atomic E-state index is 4.24. The van der Waals surface area contributed by atoms with E-state index in [0.29, 0.717) is 6.04 Å². The van der Waals surface area contributed by atoms with Gasteiger partial charge < -0.3 is 5.73 Å². The van der Waals surface area contributed by atoms with Crippen molar-refractivity contribution < 1.29 is 5.73 Å². The quantitative estimate of drug-likeness (QED) is 0.811. The average Bonchev–Trinajstić information content (AvgIpc) is 2.41. The Labute approximate surface area is 103 Å². The molecule has 0 saturated carbocycles. The molecular formula is C16H20N+. The molecule has 0 fully saturated rings. The Hall–Kier alpha value is -1.60. The average molecular weight is 226 g/mol. The summed E-state index contributed by atoms with van der Waals surface area (Å²) < 4.78 is 0. The molecule has 0 radical (unpaired) electrons. The van der Waals surface area contributed by atoms with E-state index in [9.17, 15) is 0 Å². The molecule has 0 aliphatic carbocycles. The molecule has 2 rings (SSSR count). The normalized spacial score (nSPS) is 12.3. The topological polar surface area (TPSA) is 27.6 Å². The van der Waals surface area contributed by atoms with Crippen LogP contribution >= 0.6 is 0 Å². The second kappa shape index (κ2) is 6.21. The molecule has 0 aliphatic rings. The first-order valence-electron chi connectivity index (χ1n) is 6.28. The maximum atomic E-state index is 4.24. The van der Waals surface area contributed by atoms with Crippen LogP contribution in [0.25, 0.3) is 0 Å². The first kappa shape index (κ1) is 11.9. The maximum Gasteiger partial charge on any atom is 0.110 e. The van der Waals surface area contributed by atoms with Crippen LogP contribution in [0.2, 0.25) is 0 Å². The number of quaternary nitrogens is 1. The van der Waals surface area contributed by atoms with Crippen molar-refractivity contribution in [2.24, 2.45) is 0 Å². The molecule has 0 bridgehead atoms. The summed E-state index contributed by atoms with van der Waals surface area (Å²) in [6.45, 7) is 0. The lowest BCUT2D eigenvalue weighted by atomic mass is 10.00. The van der Waals surface area contributed by atoms with Crippen molar-refractivity contribution in [3.63, 3.8) is 0 Å². The van der Waals surface area contributed by atoms with Gasteiger partial charge in [-0.15, -0.1) is 0 Å². The summed E-state index contributed by atoms with van der Waals surface area (Å²) in [6.07, 6.45) is 3.51. The summed E-state index contributed by atoms with van der Waals surface area (Å²) >= 11 is 0. The fourth-order valence-corrected chi connectivity index (χ4v) is 2.09. The van der Waals surface area contributed by atoms with Crippen LogP contribution in [0.3, 0.4) is 0 Å². The van der Waals surface area contributed by atoms with Crippen LogP contribution < -0.4 is 5.73 Å². The lowest BCUT2D eigenvalue weighted by molar-refractivity contribution is -0.428. The molecule has 0 spiro atoms. The molecule has 0 aliphatic heterocycles. The van der Waals surface area contributed by atoms with E-state index in [1.165, 1.54) is 17.5 Å². The molecule has 2 aromatic carbocycles. The minimum Gasteiger partial charge on any atom is -0.351 e. The van der Waals surface area contributed by atoms with E-state index in [4.69, 9.17) is 0 Å². The van der Waals surface area contributed by atoms with Crippen molar-refractivity contribution in [2.45, 2.75) is 25.3 Å². The second-order valence-electron chi connectivity index (χ2n) is 4.49. The van der Waals surface area contributed by atoms with Crippen molar-refractivity contribution in [1.29, 1.82) is 0 Å². The number of hydrogen-bond donors (Lipinski definition) is 1. The molecule has 1 heteroatoms. The Balaban J connectivity index is 1.79. The largest absolute Gasteiger partial charge is 0.351 e. The summed E-state index contributed by atoms with van der Waals surface area (Å²) in [4.78, 5) is 0. The fourth-order valence-electron chi connectivity index (χ4n) is 2.09. The summed E-state index contributed by atoms with van der Waals surface area (Å²) in [5.74, 6) is 0. The number of aryl methyl sites for hydroxylation is 1. The minimum absolute atomic E-state index is 0.417. The summed E-state index contributed by atoms with van der Waals surface area (Å²) in [5.41, 5.74) is 7.01. The summed E-state index contributed by atoms with van der Waals surface area (Å²) in [6, 6.07) is 21.6. The van der Waals surface area contributed by atoms with E-state index in [-0.39, 0.29) is 0 Å². The van der Waals surface area contributed by atoms with Crippen molar-refractivity contribution in [3.05, 3.63) is 71.8 Å². The second-order valence-corrected chi connectivity index (χ2v) is 4.49. The van der Waals surface area contributed by atoms with E-state index in [1.54, 1.807) is 0 Å². The van der Waals surface area contributed by atoms with Gasteiger partial charge >= 0.3 is 0 Å². The van der Waals surface area contributed by atoms with E-state index >= 15 is 0 Å². The zero-order valence-electron chi connectivity index (χ0n) is 10.2.